The average Bonchev–Trinajstić information content (AvgIpc) is 3.31. The van der Waals surface area contributed by atoms with E-state index in [1.807, 2.05) is 0 Å². The highest BCUT2D eigenvalue weighted by molar-refractivity contribution is 5.91. The number of esters is 1. The van der Waals surface area contributed by atoms with Crippen molar-refractivity contribution in [3.63, 3.8) is 0 Å². The highest BCUT2D eigenvalue weighted by Gasteiger charge is 2.30. The predicted molar refractivity (Wildman–Crippen MR) is 120 cm³/mol. The highest BCUT2D eigenvalue weighted by atomic mass is 19.4. The third-order valence-corrected chi connectivity index (χ3v) is 5.16. The van der Waals surface area contributed by atoms with Crippen molar-refractivity contribution in [3.05, 3.63) is 60.3 Å². The Labute approximate surface area is 194 Å². The molecule has 0 spiro atoms. The quantitative estimate of drug-likeness (QED) is 0.314. The molecule has 1 aromatic heterocycles. The number of carbonyl (C=O) groups excluding carboxylic acids is 2. The van der Waals surface area contributed by atoms with E-state index in [1.165, 1.54) is 23.9 Å². The van der Waals surface area contributed by atoms with E-state index in [2.05, 4.69) is 20.4 Å². The Kier molecular flexibility index (Phi) is 8.39. The summed E-state index contributed by atoms with van der Waals surface area (Å²) in [4.78, 5) is 23.3. The molecule has 0 fully saturated rings. The molecule has 2 aromatic carbocycles. The van der Waals surface area contributed by atoms with E-state index in [4.69, 9.17) is 0 Å². The van der Waals surface area contributed by atoms with Gasteiger partial charge in [0, 0.05) is 24.1 Å². The van der Waals surface area contributed by atoms with Gasteiger partial charge in [0.1, 0.15) is 5.69 Å². The molecule has 0 unspecified atom stereocenters. The number of carbonyl (C=O) groups is 2. The largest absolute Gasteiger partial charge is 0.469 e. The maximum Gasteiger partial charge on any atom is 0.416 e. The van der Waals surface area contributed by atoms with Crippen LogP contribution in [-0.2, 0) is 20.5 Å². The molecule has 10 heteroatoms. The first-order chi connectivity index (χ1) is 16.3. The first-order valence-electron chi connectivity index (χ1n) is 10.8. The molecule has 0 saturated heterocycles. The summed E-state index contributed by atoms with van der Waals surface area (Å²) in [5.41, 5.74) is 1.54. The lowest BCUT2D eigenvalue weighted by Crippen LogP contribution is -2.11. The summed E-state index contributed by atoms with van der Waals surface area (Å²) in [7, 11) is 1.36. The van der Waals surface area contributed by atoms with Gasteiger partial charge >= 0.3 is 12.1 Å². The molecule has 1 N–H and O–H groups in total. The predicted octanol–water partition coefficient (Wildman–Crippen LogP) is 5.41. The second kappa shape index (κ2) is 11.4. The van der Waals surface area contributed by atoms with E-state index in [9.17, 15) is 22.8 Å². The van der Waals surface area contributed by atoms with Crippen LogP contribution in [0, 0.1) is 0 Å². The van der Waals surface area contributed by atoms with Crippen molar-refractivity contribution in [2.75, 3.05) is 12.4 Å². The van der Waals surface area contributed by atoms with Crippen molar-refractivity contribution >= 4 is 17.6 Å². The first kappa shape index (κ1) is 24.9. The number of hydrogen-bond donors (Lipinski definition) is 1. The number of unbranched alkanes of at least 4 members (excludes halogenated alkanes) is 3. The Morgan fingerprint density at radius 3 is 2.38 bits per heavy atom. The molecule has 0 atom stereocenters. The van der Waals surface area contributed by atoms with Crippen molar-refractivity contribution in [2.45, 2.75) is 44.7 Å². The van der Waals surface area contributed by atoms with E-state index >= 15 is 0 Å². The summed E-state index contributed by atoms with van der Waals surface area (Å²) in [6, 6.07) is 11.7. The van der Waals surface area contributed by atoms with E-state index in [0.717, 1.165) is 31.4 Å². The molecule has 0 saturated carbocycles. The first-order valence-corrected chi connectivity index (χ1v) is 10.8. The molecule has 1 heterocycles. The van der Waals surface area contributed by atoms with Crippen LogP contribution in [-0.4, -0.2) is 34.0 Å². The van der Waals surface area contributed by atoms with Gasteiger partial charge in [0.25, 0.3) is 0 Å². The van der Waals surface area contributed by atoms with E-state index in [-0.39, 0.29) is 11.9 Å². The monoisotopic (exact) mass is 474 g/mol. The van der Waals surface area contributed by atoms with E-state index < -0.39 is 11.7 Å². The Balaban J connectivity index is 1.54. The molecular weight excluding hydrogens is 449 g/mol. The van der Waals surface area contributed by atoms with Crippen LogP contribution in [0.3, 0.4) is 0 Å². The van der Waals surface area contributed by atoms with Gasteiger partial charge in [-0.3, -0.25) is 9.59 Å². The Hall–Kier alpha value is -3.69. The number of amides is 1. The van der Waals surface area contributed by atoms with Gasteiger partial charge < -0.3 is 10.1 Å². The smallest absolute Gasteiger partial charge is 0.416 e. The lowest BCUT2D eigenvalue weighted by Gasteiger charge is -2.07. The highest BCUT2D eigenvalue weighted by Crippen LogP contribution is 2.29. The molecule has 3 rings (SSSR count). The number of nitrogens with one attached hydrogen (secondary N) is 1. The van der Waals surface area contributed by atoms with Crippen molar-refractivity contribution in [1.82, 2.24) is 15.0 Å². The molecule has 0 aliphatic carbocycles. The standard InChI is InChI=1S/C24H25F3N4O3/c1-34-23(33)10-5-3-2-4-9-22(32)28-19-8-6-7-17(15-19)21-16-31(30-29-21)20-13-11-18(12-14-20)24(25,26)27/h6-8,11-16H,2-5,9-10H2,1H3,(H,28,32). The third-order valence-electron chi connectivity index (χ3n) is 5.16. The Morgan fingerprint density at radius 2 is 1.71 bits per heavy atom. The molecule has 0 bridgehead atoms. The van der Waals surface area contributed by atoms with Crippen molar-refractivity contribution in [3.8, 4) is 16.9 Å². The molecule has 180 valence electrons. The molecule has 7 nitrogen and oxygen atoms in total. The summed E-state index contributed by atoms with van der Waals surface area (Å²) in [5.74, 6) is -0.337. The summed E-state index contributed by atoms with van der Waals surface area (Å²) < 4.78 is 44.2. The average molecular weight is 474 g/mol. The van der Waals surface area contributed by atoms with Crippen LogP contribution < -0.4 is 5.32 Å². The van der Waals surface area contributed by atoms with Gasteiger partial charge in [0.15, 0.2) is 0 Å². The number of ether oxygens (including phenoxy) is 1. The van der Waals surface area contributed by atoms with Crippen LogP contribution in [0.2, 0.25) is 0 Å². The summed E-state index contributed by atoms with van der Waals surface area (Å²) in [5, 5.41) is 10.9. The van der Waals surface area contributed by atoms with Crippen LogP contribution in [0.25, 0.3) is 16.9 Å². The van der Waals surface area contributed by atoms with Gasteiger partial charge in [-0.15, -0.1) is 5.10 Å². The molecule has 3 aromatic rings. The molecule has 1 amide bonds. The number of benzene rings is 2. The van der Waals surface area contributed by atoms with E-state index in [1.54, 1.807) is 30.5 Å². The second-order valence-corrected chi connectivity index (χ2v) is 7.71. The van der Waals surface area contributed by atoms with Crippen LogP contribution >= 0.6 is 0 Å². The van der Waals surface area contributed by atoms with Crippen molar-refractivity contribution in [2.24, 2.45) is 0 Å². The lowest BCUT2D eigenvalue weighted by molar-refractivity contribution is -0.141. The number of nitrogens with zero attached hydrogens (tertiary/aromatic N) is 3. The molecule has 0 aliphatic rings. The zero-order valence-electron chi connectivity index (χ0n) is 18.6. The van der Waals surface area contributed by atoms with Gasteiger partial charge in [-0.1, -0.05) is 30.2 Å². The topological polar surface area (TPSA) is 86.1 Å². The Morgan fingerprint density at radius 1 is 1.00 bits per heavy atom. The van der Waals surface area contributed by atoms with Crippen LogP contribution in [0.4, 0.5) is 18.9 Å². The number of methoxy groups -OCH3 is 1. The van der Waals surface area contributed by atoms with Gasteiger partial charge in [0.05, 0.1) is 24.6 Å². The fraction of sp³-hybridized carbons (Fsp3) is 0.333. The SMILES string of the molecule is COC(=O)CCCCCCC(=O)Nc1cccc(-c2cn(-c3ccc(C(F)(F)F)cc3)nn2)c1. The summed E-state index contributed by atoms with van der Waals surface area (Å²) in [6.45, 7) is 0. The summed E-state index contributed by atoms with van der Waals surface area (Å²) in [6.07, 6.45) is 1.12. The third kappa shape index (κ3) is 7.16. The minimum Gasteiger partial charge on any atom is -0.469 e. The van der Waals surface area contributed by atoms with Crippen molar-refractivity contribution < 1.29 is 27.5 Å². The molecular formula is C24H25F3N4O3. The molecule has 0 aliphatic heterocycles. The summed E-state index contributed by atoms with van der Waals surface area (Å²) >= 11 is 0. The molecule has 0 radical (unpaired) electrons. The zero-order chi connectivity index (χ0) is 24.6. The molecule has 34 heavy (non-hydrogen) atoms. The van der Waals surface area contributed by atoms with E-state index in [0.29, 0.717) is 41.9 Å². The zero-order valence-corrected chi connectivity index (χ0v) is 18.6. The number of anilines is 1. The number of rotatable bonds is 10. The maximum atomic E-state index is 12.8. The van der Waals surface area contributed by atoms with Gasteiger partial charge in [-0.05, 0) is 49.2 Å². The van der Waals surface area contributed by atoms with Gasteiger partial charge in [-0.2, -0.15) is 13.2 Å². The number of halogens is 3. The Bertz CT molecular complexity index is 1110. The van der Waals surface area contributed by atoms with Gasteiger partial charge in [0.2, 0.25) is 5.91 Å². The fourth-order valence-electron chi connectivity index (χ4n) is 3.32. The minimum atomic E-state index is -4.40. The fourth-order valence-corrected chi connectivity index (χ4v) is 3.32. The lowest BCUT2D eigenvalue weighted by atomic mass is 10.1. The number of aromatic nitrogens is 3. The van der Waals surface area contributed by atoms with Crippen LogP contribution in [0.15, 0.2) is 54.7 Å². The van der Waals surface area contributed by atoms with Gasteiger partial charge in [-0.25, -0.2) is 4.68 Å². The number of alkyl halides is 3. The van der Waals surface area contributed by atoms with Crippen LogP contribution in [0.5, 0.6) is 0 Å². The second-order valence-electron chi connectivity index (χ2n) is 7.71. The van der Waals surface area contributed by atoms with Crippen LogP contribution in [0.1, 0.15) is 44.1 Å². The maximum absolute atomic E-state index is 12.8. The normalized spacial score (nSPS) is 11.3. The van der Waals surface area contributed by atoms with Crippen molar-refractivity contribution in [1.29, 1.82) is 0 Å². The minimum absolute atomic E-state index is 0.112. The number of hydrogen-bond acceptors (Lipinski definition) is 5.